The summed E-state index contributed by atoms with van der Waals surface area (Å²) in [5.74, 6) is 0.613. The summed E-state index contributed by atoms with van der Waals surface area (Å²) in [6, 6.07) is 5.87. The van der Waals surface area contributed by atoms with Crippen molar-refractivity contribution < 1.29 is 22.7 Å². The van der Waals surface area contributed by atoms with Gasteiger partial charge in [-0.2, -0.15) is 4.31 Å². The Hall–Kier alpha value is -1.80. The van der Waals surface area contributed by atoms with E-state index in [2.05, 4.69) is 5.32 Å². The van der Waals surface area contributed by atoms with Gasteiger partial charge in [0.05, 0.1) is 11.0 Å². The predicted octanol–water partition coefficient (Wildman–Crippen LogP) is 3.01. The van der Waals surface area contributed by atoms with Gasteiger partial charge in [-0.3, -0.25) is 0 Å². The van der Waals surface area contributed by atoms with Crippen LogP contribution in [0.25, 0.3) is 0 Å². The van der Waals surface area contributed by atoms with Crippen molar-refractivity contribution in [3.63, 3.8) is 0 Å². The quantitative estimate of drug-likeness (QED) is 0.779. The fourth-order valence-corrected chi connectivity index (χ4v) is 3.44. The molecule has 0 aliphatic carbocycles. The predicted molar refractivity (Wildman–Crippen MR) is 101 cm³/mol. The van der Waals surface area contributed by atoms with Crippen LogP contribution >= 0.6 is 0 Å². The molecule has 1 atom stereocenters. The molecule has 0 fully saturated rings. The summed E-state index contributed by atoms with van der Waals surface area (Å²) in [4.78, 5) is 11.9. The van der Waals surface area contributed by atoms with E-state index in [1.54, 1.807) is 39.8 Å². The summed E-state index contributed by atoms with van der Waals surface area (Å²) in [7, 11) is -2.19. The van der Waals surface area contributed by atoms with Crippen LogP contribution in [0, 0.1) is 0 Å². The van der Waals surface area contributed by atoms with Gasteiger partial charge in [0.15, 0.2) is 0 Å². The molecule has 0 unspecified atom stereocenters. The molecule has 0 aliphatic rings. The number of carbonyl (C=O) groups is 1. The van der Waals surface area contributed by atoms with E-state index in [0.717, 1.165) is 0 Å². The molecule has 0 spiro atoms. The van der Waals surface area contributed by atoms with Gasteiger partial charge in [-0.15, -0.1) is 0 Å². The normalized spacial score (nSPS) is 13.6. The highest BCUT2D eigenvalue weighted by Crippen LogP contribution is 2.20. The van der Waals surface area contributed by atoms with Crippen LogP contribution in [0.2, 0.25) is 0 Å². The Labute approximate surface area is 156 Å². The van der Waals surface area contributed by atoms with Gasteiger partial charge >= 0.3 is 6.09 Å². The average molecular weight is 387 g/mol. The van der Waals surface area contributed by atoms with Crippen LogP contribution in [0.1, 0.15) is 41.5 Å². The maximum absolute atomic E-state index is 12.7. The average Bonchev–Trinajstić information content (AvgIpc) is 2.44. The molecular formula is C18H30N2O5S. The summed E-state index contributed by atoms with van der Waals surface area (Å²) < 4.78 is 37.2. The summed E-state index contributed by atoms with van der Waals surface area (Å²) in [5.41, 5.74) is -0.610. The summed E-state index contributed by atoms with van der Waals surface area (Å²) >= 11 is 0. The number of likely N-dealkylation sites (N-methyl/N-ethyl adjacent to an activating group) is 1. The van der Waals surface area contributed by atoms with E-state index in [9.17, 15) is 13.2 Å². The zero-order valence-corrected chi connectivity index (χ0v) is 17.4. The Morgan fingerprint density at radius 3 is 2.15 bits per heavy atom. The van der Waals surface area contributed by atoms with E-state index in [1.807, 2.05) is 13.8 Å². The molecule has 7 nitrogen and oxygen atoms in total. The Bertz CT molecular complexity index is 693. The fraction of sp³-hybridized carbons (Fsp3) is 0.611. The van der Waals surface area contributed by atoms with Gasteiger partial charge in [-0.1, -0.05) is 0 Å². The Morgan fingerprint density at radius 2 is 1.69 bits per heavy atom. The number of benzene rings is 1. The molecule has 0 saturated carbocycles. The topological polar surface area (TPSA) is 84.9 Å². The number of carbonyl (C=O) groups excluding carboxylic acids is 1. The molecule has 0 bridgehead atoms. The van der Waals surface area contributed by atoms with E-state index in [0.29, 0.717) is 5.75 Å². The first-order chi connectivity index (χ1) is 11.8. The lowest BCUT2D eigenvalue weighted by Gasteiger charge is -2.24. The molecule has 148 valence electrons. The summed E-state index contributed by atoms with van der Waals surface area (Å²) in [5, 5.41) is 2.63. The lowest BCUT2D eigenvalue weighted by atomic mass is 10.2. The Kier molecular flexibility index (Phi) is 7.46. The monoisotopic (exact) mass is 386 g/mol. The number of hydrogen-bond donors (Lipinski definition) is 1. The summed E-state index contributed by atoms with van der Waals surface area (Å²) in [6.07, 6.45) is -0.564. The Balaban J connectivity index is 2.72. The van der Waals surface area contributed by atoms with Gasteiger partial charge in [-0.25, -0.2) is 13.2 Å². The molecule has 1 rings (SSSR count). The molecule has 0 heterocycles. The second-order valence-electron chi connectivity index (χ2n) is 7.47. The molecule has 26 heavy (non-hydrogen) atoms. The highest BCUT2D eigenvalue weighted by atomic mass is 32.2. The molecular weight excluding hydrogens is 356 g/mol. The number of alkyl carbamates (subject to hydrolysis) is 1. The molecule has 1 aromatic carbocycles. The van der Waals surface area contributed by atoms with Crippen molar-refractivity contribution in [2.45, 2.75) is 64.2 Å². The number of hydrogen-bond acceptors (Lipinski definition) is 5. The van der Waals surface area contributed by atoms with Crippen molar-refractivity contribution in [2.24, 2.45) is 0 Å². The van der Waals surface area contributed by atoms with Crippen molar-refractivity contribution in [2.75, 3.05) is 13.6 Å². The minimum absolute atomic E-state index is 0.0138. The number of nitrogens with one attached hydrogen (secondary N) is 1. The number of nitrogens with zero attached hydrogens (tertiary/aromatic N) is 1. The van der Waals surface area contributed by atoms with E-state index in [4.69, 9.17) is 9.47 Å². The van der Waals surface area contributed by atoms with Gasteiger partial charge in [0.2, 0.25) is 10.0 Å². The fourth-order valence-electron chi connectivity index (χ4n) is 2.18. The first-order valence-electron chi connectivity index (χ1n) is 8.54. The van der Waals surface area contributed by atoms with Crippen molar-refractivity contribution in [3.05, 3.63) is 24.3 Å². The SMILES string of the molecule is CC(C)Oc1ccc(S(=O)(=O)N(C)C[C@H](C)NC(=O)OC(C)(C)C)cc1. The van der Waals surface area contributed by atoms with Crippen molar-refractivity contribution in [3.8, 4) is 5.75 Å². The van der Waals surface area contributed by atoms with Crippen LogP contribution in [-0.4, -0.2) is 50.2 Å². The molecule has 0 radical (unpaired) electrons. The van der Waals surface area contributed by atoms with Gasteiger partial charge in [0.25, 0.3) is 0 Å². The van der Waals surface area contributed by atoms with Gasteiger partial charge in [0.1, 0.15) is 11.4 Å². The van der Waals surface area contributed by atoms with Crippen LogP contribution in [0.4, 0.5) is 4.79 Å². The van der Waals surface area contributed by atoms with E-state index < -0.39 is 27.8 Å². The van der Waals surface area contributed by atoms with Crippen LogP contribution in [0.3, 0.4) is 0 Å². The van der Waals surface area contributed by atoms with E-state index in [-0.39, 0.29) is 17.5 Å². The lowest BCUT2D eigenvalue weighted by Crippen LogP contribution is -2.44. The van der Waals surface area contributed by atoms with Crippen molar-refractivity contribution in [1.82, 2.24) is 9.62 Å². The standard InChI is InChI=1S/C18H30N2O5S/c1-13(2)24-15-8-10-16(11-9-15)26(22,23)20(7)12-14(3)19-17(21)25-18(4,5)6/h8-11,13-14H,12H2,1-7H3,(H,19,21)/t14-/m0/s1. The van der Waals surface area contributed by atoms with Gasteiger partial charge in [-0.05, 0) is 65.8 Å². The third kappa shape index (κ3) is 7.21. The van der Waals surface area contributed by atoms with Crippen LogP contribution in [0.15, 0.2) is 29.2 Å². The molecule has 0 aromatic heterocycles. The first-order valence-corrected chi connectivity index (χ1v) is 9.98. The van der Waals surface area contributed by atoms with Crippen LogP contribution in [0.5, 0.6) is 5.75 Å². The van der Waals surface area contributed by atoms with E-state index in [1.165, 1.54) is 23.5 Å². The van der Waals surface area contributed by atoms with E-state index >= 15 is 0 Å². The molecule has 1 N–H and O–H groups in total. The zero-order chi connectivity index (χ0) is 20.1. The molecule has 1 amide bonds. The smallest absolute Gasteiger partial charge is 0.407 e. The van der Waals surface area contributed by atoms with Crippen molar-refractivity contribution >= 4 is 16.1 Å². The summed E-state index contributed by atoms with van der Waals surface area (Å²) in [6.45, 7) is 10.9. The van der Waals surface area contributed by atoms with Gasteiger partial charge < -0.3 is 14.8 Å². The number of sulfonamides is 1. The maximum Gasteiger partial charge on any atom is 0.407 e. The third-order valence-corrected chi connectivity index (χ3v) is 5.04. The number of rotatable bonds is 7. The van der Waals surface area contributed by atoms with Gasteiger partial charge in [0, 0.05) is 19.6 Å². The minimum Gasteiger partial charge on any atom is -0.491 e. The lowest BCUT2D eigenvalue weighted by molar-refractivity contribution is 0.0504. The zero-order valence-electron chi connectivity index (χ0n) is 16.6. The molecule has 0 aliphatic heterocycles. The highest BCUT2D eigenvalue weighted by Gasteiger charge is 2.24. The highest BCUT2D eigenvalue weighted by molar-refractivity contribution is 7.89. The molecule has 8 heteroatoms. The molecule has 1 aromatic rings. The second-order valence-corrected chi connectivity index (χ2v) is 9.52. The first kappa shape index (κ1) is 22.2. The number of amides is 1. The molecule has 0 saturated heterocycles. The third-order valence-electron chi connectivity index (χ3n) is 3.20. The second kappa shape index (κ2) is 8.73. The van der Waals surface area contributed by atoms with Crippen LogP contribution < -0.4 is 10.1 Å². The van der Waals surface area contributed by atoms with Crippen LogP contribution in [-0.2, 0) is 14.8 Å². The largest absolute Gasteiger partial charge is 0.491 e. The number of ether oxygens (including phenoxy) is 2. The Morgan fingerprint density at radius 1 is 1.15 bits per heavy atom. The van der Waals surface area contributed by atoms with Crippen molar-refractivity contribution in [1.29, 1.82) is 0 Å². The maximum atomic E-state index is 12.7. The minimum atomic E-state index is -3.66.